The molecule has 0 bridgehead atoms. The maximum Gasteiger partial charge on any atom is 0.328 e. The van der Waals surface area contributed by atoms with Gasteiger partial charge in [-0.05, 0) is 24.8 Å². The Morgan fingerprint density at radius 3 is 2.42 bits per heavy atom. The summed E-state index contributed by atoms with van der Waals surface area (Å²) >= 11 is 0. The molecule has 1 aliphatic carbocycles. The molecular weight excluding hydrogens is 238 g/mol. The fourth-order valence-electron chi connectivity index (χ4n) is 3.04. The summed E-state index contributed by atoms with van der Waals surface area (Å²) in [4.78, 5) is 11.9. The number of rotatable bonds is 5. The molecule has 1 aliphatic rings. The van der Waals surface area contributed by atoms with Crippen molar-refractivity contribution in [3.8, 4) is 0 Å². The molecule has 1 aromatic carbocycles. The van der Waals surface area contributed by atoms with Gasteiger partial charge in [-0.15, -0.1) is 0 Å². The number of nitrogens with one attached hydrogen (secondary N) is 1. The van der Waals surface area contributed by atoms with Crippen molar-refractivity contribution in [2.24, 2.45) is 0 Å². The van der Waals surface area contributed by atoms with Gasteiger partial charge in [-0.25, -0.2) is 4.79 Å². The van der Waals surface area contributed by atoms with Gasteiger partial charge in [-0.3, -0.25) is 5.32 Å². The van der Waals surface area contributed by atoms with E-state index in [1.165, 1.54) is 19.3 Å². The van der Waals surface area contributed by atoms with E-state index in [0.29, 0.717) is 12.5 Å². The van der Waals surface area contributed by atoms with Crippen molar-refractivity contribution in [2.75, 3.05) is 0 Å². The van der Waals surface area contributed by atoms with Crippen LogP contribution in [0.1, 0.15) is 51.0 Å². The second-order valence-electron chi connectivity index (χ2n) is 5.41. The van der Waals surface area contributed by atoms with Crippen molar-refractivity contribution in [3.05, 3.63) is 35.9 Å². The van der Waals surface area contributed by atoms with Crippen molar-refractivity contribution in [1.29, 1.82) is 0 Å². The van der Waals surface area contributed by atoms with Crippen LogP contribution in [0.3, 0.4) is 0 Å². The highest BCUT2D eigenvalue weighted by molar-refractivity contribution is 5.80. The molecule has 0 spiro atoms. The number of benzene rings is 1. The summed E-state index contributed by atoms with van der Waals surface area (Å²) in [6, 6.07) is 9.88. The molecule has 1 aromatic rings. The van der Waals surface area contributed by atoms with E-state index in [1.807, 2.05) is 37.3 Å². The van der Waals surface area contributed by atoms with Gasteiger partial charge in [0.1, 0.15) is 5.54 Å². The van der Waals surface area contributed by atoms with E-state index in [9.17, 15) is 9.90 Å². The summed E-state index contributed by atoms with van der Waals surface area (Å²) in [7, 11) is 0. The molecule has 0 saturated heterocycles. The minimum Gasteiger partial charge on any atom is -0.480 e. The fourth-order valence-corrected chi connectivity index (χ4v) is 3.04. The third-order valence-electron chi connectivity index (χ3n) is 4.22. The molecule has 2 N–H and O–H groups in total. The van der Waals surface area contributed by atoms with Gasteiger partial charge in [-0.1, -0.05) is 56.5 Å². The first-order valence-electron chi connectivity index (χ1n) is 7.25. The van der Waals surface area contributed by atoms with Gasteiger partial charge >= 0.3 is 5.97 Å². The molecule has 0 aromatic heterocycles. The smallest absolute Gasteiger partial charge is 0.328 e. The number of carboxylic acid groups (broad SMARTS) is 1. The SMILES string of the molecule is CCC(NC1CCCCC1)(C(=O)O)c1ccccc1. The third-order valence-corrected chi connectivity index (χ3v) is 4.22. The molecule has 0 heterocycles. The minimum absolute atomic E-state index is 0.324. The number of aliphatic carboxylic acids is 1. The Kier molecular flexibility index (Phi) is 4.59. The summed E-state index contributed by atoms with van der Waals surface area (Å²) in [5.41, 5.74) is -0.0842. The number of carboxylic acids is 1. The predicted molar refractivity (Wildman–Crippen MR) is 76.1 cm³/mol. The minimum atomic E-state index is -0.941. The molecule has 19 heavy (non-hydrogen) atoms. The van der Waals surface area contributed by atoms with Crippen LogP contribution in [0.25, 0.3) is 0 Å². The van der Waals surface area contributed by atoms with Crippen molar-refractivity contribution >= 4 is 5.97 Å². The first-order chi connectivity index (χ1) is 9.19. The van der Waals surface area contributed by atoms with Gasteiger partial charge in [-0.2, -0.15) is 0 Å². The molecule has 104 valence electrons. The second-order valence-corrected chi connectivity index (χ2v) is 5.41. The maximum absolute atomic E-state index is 11.9. The van der Waals surface area contributed by atoms with Crippen molar-refractivity contribution in [3.63, 3.8) is 0 Å². The Balaban J connectivity index is 2.26. The van der Waals surface area contributed by atoms with Gasteiger partial charge in [0.2, 0.25) is 0 Å². The van der Waals surface area contributed by atoms with Crippen LogP contribution >= 0.6 is 0 Å². The largest absolute Gasteiger partial charge is 0.480 e. The zero-order chi connectivity index (χ0) is 13.7. The molecule has 1 atom stereocenters. The van der Waals surface area contributed by atoms with E-state index < -0.39 is 11.5 Å². The van der Waals surface area contributed by atoms with Crippen LogP contribution in [-0.4, -0.2) is 17.1 Å². The number of hydrogen-bond donors (Lipinski definition) is 2. The lowest BCUT2D eigenvalue weighted by Gasteiger charge is -2.36. The van der Waals surface area contributed by atoms with Crippen LogP contribution in [0.15, 0.2) is 30.3 Å². The van der Waals surface area contributed by atoms with Gasteiger partial charge in [0.15, 0.2) is 0 Å². The second kappa shape index (κ2) is 6.20. The Hall–Kier alpha value is -1.35. The number of hydrogen-bond acceptors (Lipinski definition) is 2. The van der Waals surface area contributed by atoms with Crippen LogP contribution in [0.4, 0.5) is 0 Å². The van der Waals surface area contributed by atoms with E-state index in [0.717, 1.165) is 18.4 Å². The first-order valence-corrected chi connectivity index (χ1v) is 7.25. The van der Waals surface area contributed by atoms with E-state index >= 15 is 0 Å². The predicted octanol–water partition coefficient (Wildman–Crippen LogP) is 3.30. The molecule has 1 fully saturated rings. The first kappa shape index (κ1) is 14.1. The Morgan fingerprint density at radius 1 is 1.26 bits per heavy atom. The van der Waals surface area contributed by atoms with Gasteiger partial charge in [0.05, 0.1) is 0 Å². The lowest BCUT2D eigenvalue weighted by Crippen LogP contribution is -2.53. The summed E-state index contributed by atoms with van der Waals surface area (Å²) in [6.45, 7) is 1.94. The molecule has 0 amide bonds. The Labute approximate surface area is 115 Å². The lowest BCUT2D eigenvalue weighted by atomic mass is 9.84. The molecule has 2 rings (SSSR count). The monoisotopic (exact) mass is 261 g/mol. The highest BCUT2D eigenvalue weighted by Gasteiger charge is 2.40. The highest BCUT2D eigenvalue weighted by atomic mass is 16.4. The Bertz CT molecular complexity index is 412. The van der Waals surface area contributed by atoms with Crippen LogP contribution < -0.4 is 5.32 Å². The van der Waals surface area contributed by atoms with Crippen molar-refractivity contribution < 1.29 is 9.90 Å². The average molecular weight is 261 g/mol. The standard InChI is InChI=1S/C16H23NO2/c1-2-16(15(18)19,13-9-5-3-6-10-13)17-14-11-7-4-8-12-14/h3,5-6,9-10,14,17H,2,4,7-8,11-12H2,1H3,(H,18,19). The van der Waals surface area contributed by atoms with E-state index in [4.69, 9.17) is 0 Å². The summed E-state index contributed by atoms with van der Waals surface area (Å²) < 4.78 is 0. The fraction of sp³-hybridized carbons (Fsp3) is 0.562. The lowest BCUT2D eigenvalue weighted by molar-refractivity contribution is -0.146. The molecule has 1 unspecified atom stereocenters. The van der Waals surface area contributed by atoms with Gasteiger partial charge in [0, 0.05) is 6.04 Å². The van der Waals surface area contributed by atoms with E-state index in [-0.39, 0.29) is 0 Å². The molecule has 3 heteroatoms. The quantitative estimate of drug-likeness (QED) is 0.855. The van der Waals surface area contributed by atoms with Crippen LogP contribution in [0, 0.1) is 0 Å². The molecule has 0 radical (unpaired) electrons. The zero-order valence-electron chi connectivity index (χ0n) is 11.6. The third kappa shape index (κ3) is 2.98. The summed E-state index contributed by atoms with van der Waals surface area (Å²) in [6.07, 6.45) is 6.40. The zero-order valence-corrected chi connectivity index (χ0v) is 11.6. The van der Waals surface area contributed by atoms with Crippen LogP contribution in [0.2, 0.25) is 0 Å². The normalized spacial score (nSPS) is 19.8. The molecule has 0 aliphatic heterocycles. The van der Waals surface area contributed by atoms with Gasteiger partial charge < -0.3 is 5.11 Å². The van der Waals surface area contributed by atoms with Gasteiger partial charge in [0.25, 0.3) is 0 Å². The van der Waals surface area contributed by atoms with Crippen LogP contribution in [-0.2, 0) is 10.3 Å². The van der Waals surface area contributed by atoms with E-state index in [1.54, 1.807) is 0 Å². The molecular formula is C16H23NO2. The maximum atomic E-state index is 11.9. The van der Waals surface area contributed by atoms with Crippen molar-refractivity contribution in [2.45, 2.75) is 57.0 Å². The topological polar surface area (TPSA) is 49.3 Å². The molecule has 3 nitrogen and oxygen atoms in total. The molecule has 1 saturated carbocycles. The average Bonchev–Trinajstić information content (AvgIpc) is 2.46. The number of carbonyl (C=O) groups is 1. The van der Waals surface area contributed by atoms with Crippen molar-refractivity contribution in [1.82, 2.24) is 5.32 Å². The van der Waals surface area contributed by atoms with Crippen LogP contribution in [0.5, 0.6) is 0 Å². The van der Waals surface area contributed by atoms with E-state index in [2.05, 4.69) is 5.32 Å². The Morgan fingerprint density at radius 2 is 1.89 bits per heavy atom. The summed E-state index contributed by atoms with van der Waals surface area (Å²) in [5.74, 6) is -0.772. The summed E-state index contributed by atoms with van der Waals surface area (Å²) in [5, 5.41) is 13.2. The highest BCUT2D eigenvalue weighted by Crippen LogP contribution is 2.29.